The fourth-order valence-corrected chi connectivity index (χ4v) is 4.52. The van der Waals surface area contributed by atoms with Crippen LogP contribution in [0.4, 0.5) is 5.69 Å². The fourth-order valence-electron chi connectivity index (χ4n) is 3.54. The van der Waals surface area contributed by atoms with Crippen molar-refractivity contribution in [2.45, 2.75) is 30.7 Å². The number of anilines is 1. The van der Waals surface area contributed by atoms with Crippen LogP contribution in [0.2, 0.25) is 0 Å². The zero-order valence-corrected chi connectivity index (χ0v) is 17.7. The normalized spacial score (nSPS) is 13.3. The second-order valence-electron chi connectivity index (χ2n) is 7.28. The van der Waals surface area contributed by atoms with Gasteiger partial charge in [0.25, 0.3) is 5.91 Å². The molecule has 1 amide bonds. The smallest absolute Gasteiger partial charge is 0.255 e. The number of amides is 1. The predicted molar refractivity (Wildman–Crippen MR) is 119 cm³/mol. The summed E-state index contributed by atoms with van der Waals surface area (Å²) >= 11 is 0. The lowest BCUT2D eigenvalue weighted by molar-refractivity contribution is 0.102. The largest absolute Gasteiger partial charge is 0.334 e. The first-order valence-electron chi connectivity index (χ1n) is 9.97. The number of carbonyl (C=O) groups excluding carboxylic acids is 1. The number of rotatable bonds is 6. The third-order valence-corrected chi connectivity index (χ3v) is 6.49. The van der Waals surface area contributed by atoms with Crippen LogP contribution in [0.15, 0.2) is 59.6 Å². The number of fused-ring (bicyclic) bond motifs is 1. The average molecular weight is 435 g/mol. The van der Waals surface area contributed by atoms with E-state index in [2.05, 4.69) is 20.5 Å². The van der Waals surface area contributed by atoms with Crippen LogP contribution in [-0.2, 0) is 23.0 Å². The number of aromatic nitrogens is 2. The molecule has 0 bridgehead atoms. The number of aryl methyl sites for hydroxylation is 2. The first-order chi connectivity index (χ1) is 15.0. The van der Waals surface area contributed by atoms with Crippen LogP contribution < -0.4 is 10.0 Å². The number of hydrogen-bond acceptors (Lipinski definition) is 4. The van der Waals surface area contributed by atoms with Gasteiger partial charge in [0.2, 0.25) is 10.0 Å². The van der Waals surface area contributed by atoms with Crippen LogP contribution in [0.5, 0.6) is 0 Å². The highest BCUT2D eigenvalue weighted by molar-refractivity contribution is 7.89. The van der Waals surface area contributed by atoms with Crippen molar-refractivity contribution < 1.29 is 13.2 Å². The summed E-state index contributed by atoms with van der Waals surface area (Å²) in [6.45, 7) is 0.858. The Morgan fingerprint density at radius 1 is 1.16 bits per heavy atom. The van der Waals surface area contributed by atoms with Gasteiger partial charge in [-0.05, 0) is 43.2 Å². The molecule has 7 nitrogen and oxygen atoms in total. The maximum Gasteiger partial charge on any atom is 0.255 e. The van der Waals surface area contributed by atoms with E-state index in [1.54, 1.807) is 12.1 Å². The lowest BCUT2D eigenvalue weighted by Crippen LogP contribution is -2.24. The minimum Gasteiger partial charge on any atom is -0.334 e. The maximum atomic E-state index is 12.7. The van der Waals surface area contributed by atoms with Crippen LogP contribution in [0.25, 0.3) is 11.3 Å². The van der Waals surface area contributed by atoms with Crippen molar-refractivity contribution >= 4 is 21.6 Å². The molecule has 1 aromatic heterocycles. The average Bonchev–Trinajstić information content (AvgIpc) is 3.22. The third kappa shape index (κ3) is 4.68. The Morgan fingerprint density at radius 2 is 2.00 bits per heavy atom. The van der Waals surface area contributed by atoms with Gasteiger partial charge in [-0.15, -0.1) is 6.42 Å². The van der Waals surface area contributed by atoms with Crippen LogP contribution in [0.1, 0.15) is 29.0 Å². The van der Waals surface area contributed by atoms with Crippen molar-refractivity contribution in [3.05, 3.63) is 66.1 Å². The van der Waals surface area contributed by atoms with Gasteiger partial charge < -0.3 is 9.88 Å². The number of benzene rings is 2. The highest BCUT2D eigenvalue weighted by atomic mass is 32.2. The van der Waals surface area contributed by atoms with E-state index in [0.29, 0.717) is 5.69 Å². The Labute approximate surface area is 181 Å². The van der Waals surface area contributed by atoms with Crippen molar-refractivity contribution in [3.8, 4) is 23.6 Å². The van der Waals surface area contributed by atoms with Gasteiger partial charge in [-0.3, -0.25) is 4.79 Å². The molecule has 158 valence electrons. The number of terminal acetylenes is 1. The minimum atomic E-state index is -3.78. The van der Waals surface area contributed by atoms with Gasteiger partial charge in [-0.2, -0.15) is 4.72 Å². The lowest BCUT2D eigenvalue weighted by atomic mass is 10.1. The molecule has 8 heteroatoms. The number of hydrogen-bond donors (Lipinski definition) is 2. The Hall–Kier alpha value is -3.41. The van der Waals surface area contributed by atoms with Gasteiger partial charge in [-0.1, -0.05) is 24.1 Å². The van der Waals surface area contributed by atoms with E-state index in [4.69, 9.17) is 11.4 Å². The highest BCUT2D eigenvalue weighted by Gasteiger charge is 2.17. The summed E-state index contributed by atoms with van der Waals surface area (Å²) in [5.41, 5.74) is 2.62. The molecule has 4 rings (SSSR count). The molecule has 31 heavy (non-hydrogen) atoms. The summed E-state index contributed by atoms with van der Waals surface area (Å²) in [6.07, 6.45) is 10.5. The van der Waals surface area contributed by atoms with E-state index in [9.17, 15) is 13.2 Å². The van der Waals surface area contributed by atoms with Gasteiger partial charge >= 0.3 is 0 Å². The first-order valence-corrected chi connectivity index (χ1v) is 11.5. The zero-order chi connectivity index (χ0) is 21.8. The zero-order valence-electron chi connectivity index (χ0n) is 16.8. The molecule has 0 saturated carbocycles. The van der Waals surface area contributed by atoms with E-state index >= 15 is 0 Å². The minimum absolute atomic E-state index is 0.0206. The quantitative estimate of drug-likeness (QED) is 0.583. The van der Waals surface area contributed by atoms with Crippen molar-refractivity contribution in [1.82, 2.24) is 14.3 Å². The van der Waals surface area contributed by atoms with Crippen LogP contribution in [0, 0.1) is 12.3 Å². The lowest BCUT2D eigenvalue weighted by Gasteiger charge is -2.11. The molecule has 2 N–H and O–H groups in total. The Bertz CT molecular complexity index is 1250. The van der Waals surface area contributed by atoms with Crippen LogP contribution in [0.3, 0.4) is 0 Å². The Balaban J connectivity index is 1.53. The molecule has 0 aliphatic carbocycles. The molecule has 0 spiro atoms. The fraction of sp³-hybridized carbons (Fsp3) is 0.217. The highest BCUT2D eigenvalue weighted by Crippen LogP contribution is 2.25. The molecule has 3 aromatic rings. The van der Waals surface area contributed by atoms with E-state index in [1.165, 1.54) is 18.2 Å². The van der Waals surface area contributed by atoms with Crippen molar-refractivity contribution in [2.24, 2.45) is 0 Å². The number of sulfonamides is 1. The van der Waals surface area contributed by atoms with Crippen molar-refractivity contribution in [2.75, 3.05) is 11.9 Å². The first kappa shape index (κ1) is 20.8. The Morgan fingerprint density at radius 3 is 2.81 bits per heavy atom. The predicted octanol–water partition coefficient (Wildman–Crippen LogP) is 3.05. The van der Waals surface area contributed by atoms with Gasteiger partial charge in [-0.25, -0.2) is 13.4 Å². The molecule has 0 fully saturated rings. The van der Waals surface area contributed by atoms with Gasteiger partial charge in [0.15, 0.2) is 0 Å². The van der Waals surface area contributed by atoms with E-state index in [-0.39, 0.29) is 17.0 Å². The second kappa shape index (κ2) is 8.76. The van der Waals surface area contributed by atoms with Crippen LogP contribution in [-0.4, -0.2) is 30.4 Å². The summed E-state index contributed by atoms with van der Waals surface area (Å²) in [7, 11) is -3.78. The molecule has 0 saturated heterocycles. The monoisotopic (exact) mass is 434 g/mol. The maximum absolute atomic E-state index is 12.7. The summed E-state index contributed by atoms with van der Waals surface area (Å²) in [4.78, 5) is 17.4. The topological polar surface area (TPSA) is 93.1 Å². The third-order valence-electron chi connectivity index (χ3n) is 5.10. The molecule has 1 aliphatic rings. The van der Waals surface area contributed by atoms with E-state index in [0.717, 1.165) is 42.9 Å². The van der Waals surface area contributed by atoms with E-state index < -0.39 is 15.9 Å². The molecule has 2 heterocycles. The number of imidazole rings is 1. The molecule has 1 aliphatic heterocycles. The van der Waals surface area contributed by atoms with Crippen molar-refractivity contribution in [1.29, 1.82) is 0 Å². The molecular formula is C23H22N4O3S. The summed E-state index contributed by atoms with van der Waals surface area (Å²) in [5, 5.41) is 2.83. The van der Waals surface area contributed by atoms with Crippen LogP contribution >= 0.6 is 0 Å². The second-order valence-corrected chi connectivity index (χ2v) is 9.05. The Kier molecular flexibility index (Phi) is 5.89. The summed E-state index contributed by atoms with van der Waals surface area (Å²) < 4.78 is 29.0. The SMILES string of the molecule is C#CCNS(=O)(=O)c1cccc(C(=O)Nc2cccc(-c3cn4c(n3)CCCC4)c2)c1. The molecule has 0 radical (unpaired) electrons. The van der Waals surface area contributed by atoms with Gasteiger partial charge in [0.05, 0.1) is 17.1 Å². The molecular weight excluding hydrogens is 412 g/mol. The molecule has 2 aromatic carbocycles. The standard InChI is InChI=1S/C23H22N4O3S/c1-2-12-24-31(29,30)20-10-6-8-18(15-20)23(28)25-19-9-5-7-17(14-19)21-16-27-13-4-3-11-22(27)26-21/h1,5-10,14-16,24H,3-4,11-13H2,(H,25,28). The summed E-state index contributed by atoms with van der Waals surface area (Å²) in [5.74, 6) is 2.90. The number of nitrogens with one attached hydrogen (secondary N) is 2. The van der Waals surface area contributed by atoms with Crippen molar-refractivity contribution in [3.63, 3.8) is 0 Å². The molecule has 0 atom stereocenters. The number of nitrogens with zero attached hydrogens (tertiary/aromatic N) is 2. The summed E-state index contributed by atoms with van der Waals surface area (Å²) in [6, 6.07) is 13.3. The van der Waals surface area contributed by atoms with Gasteiger partial charge in [0, 0.05) is 36.0 Å². The van der Waals surface area contributed by atoms with Gasteiger partial charge in [0.1, 0.15) is 5.82 Å². The number of carbonyl (C=O) groups is 1. The molecule has 0 unspecified atom stereocenters. The van der Waals surface area contributed by atoms with E-state index in [1.807, 2.05) is 24.4 Å².